The normalized spacial score (nSPS) is 39.1. The fourth-order valence-electron chi connectivity index (χ4n) is 9.33. The number of esters is 2. The first kappa shape index (κ1) is 47.4. The van der Waals surface area contributed by atoms with Crippen LogP contribution in [0.4, 0.5) is 0 Å². The monoisotopic (exact) mass is 860 g/mol. The summed E-state index contributed by atoms with van der Waals surface area (Å²) in [6, 6.07) is 5.17. The van der Waals surface area contributed by atoms with Gasteiger partial charge in [0.1, 0.15) is 29.6 Å². The number of methoxy groups -OCH3 is 1. The number of carbonyl (C=O) groups is 3. The molecule has 5 heterocycles. The molecule has 0 spiro atoms. The number of carbonyl (C=O) groups excluding carboxylic acids is 3. The lowest BCUT2D eigenvalue weighted by atomic mass is 9.67. The predicted molar refractivity (Wildman–Crippen MR) is 221 cm³/mol. The highest BCUT2D eigenvalue weighted by Gasteiger charge is 2.62. The van der Waals surface area contributed by atoms with Crippen molar-refractivity contribution in [1.29, 1.82) is 0 Å². The van der Waals surface area contributed by atoms with E-state index in [-0.39, 0.29) is 36.6 Å². The van der Waals surface area contributed by atoms with Gasteiger partial charge in [-0.25, -0.2) is 0 Å². The van der Waals surface area contributed by atoms with E-state index < -0.39 is 95.5 Å². The van der Waals surface area contributed by atoms with Gasteiger partial charge < -0.3 is 49.4 Å². The number of fused-ring (bicyclic) bond motifs is 1. The number of nitrogens with two attached hydrogens (primary N) is 1. The lowest BCUT2D eigenvalue weighted by molar-refractivity contribution is -0.301. The Kier molecular flexibility index (Phi) is 15.1. The van der Waals surface area contributed by atoms with Gasteiger partial charge in [-0.05, 0) is 80.1 Å². The second-order valence-electron chi connectivity index (χ2n) is 17.4. The van der Waals surface area contributed by atoms with Crippen molar-refractivity contribution in [3.8, 4) is 10.7 Å². The molecule has 0 aromatic carbocycles. The molecule has 3 fully saturated rings. The highest BCUT2D eigenvalue weighted by atomic mass is 32.1. The summed E-state index contributed by atoms with van der Waals surface area (Å²) in [5.41, 5.74) is 4.44. The van der Waals surface area contributed by atoms with Crippen molar-refractivity contribution < 1.29 is 53.1 Å². The Hall–Kier alpha value is -3.65. The second-order valence-corrected chi connectivity index (χ2v) is 18.5. The van der Waals surface area contributed by atoms with Crippen LogP contribution < -0.4 is 5.73 Å². The topological polar surface area (TPSA) is 227 Å². The van der Waals surface area contributed by atoms with E-state index in [0.717, 1.165) is 0 Å². The summed E-state index contributed by atoms with van der Waals surface area (Å²) in [6.45, 7) is 15.5. The molecule has 0 bridgehead atoms. The van der Waals surface area contributed by atoms with Crippen molar-refractivity contribution in [2.75, 3.05) is 21.2 Å². The molecule has 0 amide bonds. The average molecular weight is 861 g/mol. The summed E-state index contributed by atoms with van der Waals surface area (Å²) in [4.78, 5) is 54.9. The fraction of sp³-hybridized carbons (Fsp3) is 0.738. The molecular formula is C42H64N6O11S. The number of ketones is 1. The van der Waals surface area contributed by atoms with E-state index in [9.17, 15) is 24.6 Å². The molecule has 1 unspecified atom stereocenters. The number of cyclic esters (lactones) is 1. The van der Waals surface area contributed by atoms with E-state index in [4.69, 9.17) is 34.3 Å². The molecule has 3 aliphatic heterocycles. The van der Waals surface area contributed by atoms with Gasteiger partial charge in [0.2, 0.25) is 0 Å². The van der Waals surface area contributed by atoms with Crippen molar-refractivity contribution in [3.63, 3.8) is 0 Å². The lowest BCUT2D eigenvalue weighted by Crippen LogP contribution is -2.60. The number of oxime groups is 1. The van der Waals surface area contributed by atoms with E-state index in [1.54, 1.807) is 67.7 Å². The van der Waals surface area contributed by atoms with Crippen LogP contribution in [0.5, 0.6) is 0 Å². The number of aromatic nitrogens is 3. The summed E-state index contributed by atoms with van der Waals surface area (Å²) in [6.07, 6.45) is -4.04. The van der Waals surface area contributed by atoms with E-state index in [2.05, 4.69) is 20.3 Å². The molecule has 5 rings (SSSR count). The minimum Gasteiger partial charge on any atom is -0.458 e. The third-order valence-electron chi connectivity index (χ3n) is 12.9. The van der Waals surface area contributed by atoms with Gasteiger partial charge in [-0.1, -0.05) is 50.3 Å². The Balaban J connectivity index is 1.50. The Morgan fingerprint density at radius 2 is 1.77 bits per heavy atom. The van der Waals surface area contributed by atoms with Crippen LogP contribution in [-0.4, -0.2) is 129 Å². The van der Waals surface area contributed by atoms with Crippen molar-refractivity contribution in [3.05, 3.63) is 29.4 Å². The molecule has 60 heavy (non-hydrogen) atoms. The minimum atomic E-state index is -1.55. The molecule has 3 aliphatic rings. The molecule has 2 aromatic heterocycles. The molecule has 16 atom stereocenters. The summed E-state index contributed by atoms with van der Waals surface area (Å²) in [5, 5.41) is 37.1. The Bertz CT molecular complexity index is 1840. The number of Topliss-reactive ketones (excluding diaryl/α,β-unsaturated/α-hetero) is 1. The van der Waals surface area contributed by atoms with E-state index in [1.807, 2.05) is 38.1 Å². The number of hydrogen-bond acceptors (Lipinski definition) is 17. The third kappa shape index (κ3) is 9.54. The molecular weight excluding hydrogens is 797 g/mol. The van der Waals surface area contributed by atoms with Gasteiger partial charge in [0, 0.05) is 43.0 Å². The standard InChI is InChI=1S/C42H64N6O11S/c1-13-28-42(9)30(29(39(53)58-42)35(43)47-59-25(7)36-45-46-37(60-36)26-16-14-15-17-44-26)22(4)31(49)20(2)19-41(8,54-12)34(23(5)32(50)24(6)38(52)56-28)57-40-33(51)27(48(10)11)18-21(3)55-40/h14-17,20-25,27-30,32-34,40,50-51H,13,18-19H2,1-12H3,(H2,43,47)/t20-,21-,22-,23+,24-,25+,27+,28+,29-,30+,32-,33-,34-,40?,41-,42-/m1/s1. The Morgan fingerprint density at radius 3 is 2.38 bits per heavy atom. The molecule has 0 aliphatic carbocycles. The van der Waals surface area contributed by atoms with Gasteiger partial charge in [-0.15, -0.1) is 10.2 Å². The van der Waals surface area contributed by atoms with Crippen LogP contribution in [0.1, 0.15) is 92.7 Å². The molecule has 2 aromatic rings. The maximum atomic E-state index is 14.8. The van der Waals surface area contributed by atoms with Crippen LogP contribution in [0.25, 0.3) is 10.7 Å². The Labute approximate surface area is 356 Å². The smallest absolute Gasteiger partial charge is 0.317 e. The fourth-order valence-corrected chi connectivity index (χ4v) is 10.1. The van der Waals surface area contributed by atoms with Crippen molar-refractivity contribution >= 4 is 34.9 Å². The summed E-state index contributed by atoms with van der Waals surface area (Å²) in [5.74, 6) is -7.74. The van der Waals surface area contributed by atoms with Crippen LogP contribution in [0, 0.1) is 35.5 Å². The predicted octanol–water partition coefficient (Wildman–Crippen LogP) is 3.91. The highest BCUT2D eigenvalue weighted by molar-refractivity contribution is 7.14. The number of ether oxygens (including phenoxy) is 5. The van der Waals surface area contributed by atoms with Crippen LogP contribution in [0.3, 0.4) is 0 Å². The summed E-state index contributed by atoms with van der Waals surface area (Å²) in [7, 11) is 5.22. The third-order valence-corrected chi connectivity index (χ3v) is 14.0. The number of aliphatic hydroxyl groups is 2. The number of rotatable bonds is 10. The lowest BCUT2D eigenvalue weighted by Gasteiger charge is -2.48. The number of amidine groups is 1. The number of nitrogens with zero attached hydrogens (tertiary/aromatic N) is 5. The molecule has 0 saturated carbocycles. The van der Waals surface area contributed by atoms with Crippen molar-refractivity contribution in [1.82, 2.24) is 20.1 Å². The SMILES string of the molecule is CC[C@@H]1OC(=O)[C@H](C)[C@H](O)[C@H](C)[C@@H](OC2O[C@H](C)C[C@H](N(C)C)[C@H]2O)[C@](C)(OC)C[C@@H](C)C(=O)[C@H](C)[C@H]2[C@H](/C(N)=N/O[C@@H](C)c3nnc(-c4ccccn4)s3)C(=O)O[C@@]21C. The number of hydrogen-bond donors (Lipinski definition) is 3. The van der Waals surface area contributed by atoms with E-state index >= 15 is 0 Å². The minimum absolute atomic E-state index is 0.0926. The van der Waals surface area contributed by atoms with Gasteiger partial charge >= 0.3 is 11.9 Å². The van der Waals surface area contributed by atoms with Gasteiger partial charge in [-0.3, -0.25) is 19.4 Å². The molecule has 0 radical (unpaired) electrons. The molecule has 3 saturated heterocycles. The Morgan fingerprint density at radius 1 is 1.07 bits per heavy atom. The summed E-state index contributed by atoms with van der Waals surface area (Å²) >= 11 is 1.27. The maximum Gasteiger partial charge on any atom is 0.317 e. The number of likely N-dealkylation sites (N-methyl/N-ethyl adjacent to an activating group) is 1. The van der Waals surface area contributed by atoms with Crippen LogP contribution in [0.15, 0.2) is 29.6 Å². The number of pyridine rings is 1. The molecule has 4 N–H and O–H groups in total. The molecule has 17 nitrogen and oxygen atoms in total. The van der Waals surface area contributed by atoms with Gasteiger partial charge in [0.05, 0.1) is 29.8 Å². The zero-order valence-corrected chi connectivity index (χ0v) is 37.6. The van der Waals surface area contributed by atoms with Crippen LogP contribution in [-0.2, 0) is 42.9 Å². The van der Waals surface area contributed by atoms with Gasteiger partial charge in [0.25, 0.3) is 0 Å². The summed E-state index contributed by atoms with van der Waals surface area (Å²) < 4.78 is 31.3. The first-order chi connectivity index (χ1) is 28.2. The van der Waals surface area contributed by atoms with Gasteiger partial charge in [-0.2, -0.15) is 0 Å². The van der Waals surface area contributed by atoms with E-state index in [1.165, 1.54) is 18.4 Å². The van der Waals surface area contributed by atoms with Crippen molar-refractivity contribution in [2.24, 2.45) is 46.4 Å². The van der Waals surface area contributed by atoms with E-state index in [0.29, 0.717) is 22.1 Å². The largest absolute Gasteiger partial charge is 0.458 e. The first-order valence-electron chi connectivity index (χ1n) is 20.8. The molecule has 334 valence electrons. The first-order valence-corrected chi connectivity index (χ1v) is 21.6. The molecule has 18 heteroatoms. The maximum absolute atomic E-state index is 14.8. The quantitative estimate of drug-likeness (QED) is 0.133. The van der Waals surface area contributed by atoms with Crippen LogP contribution >= 0.6 is 11.3 Å². The second kappa shape index (κ2) is 19.2. The van der Waals surface area contributed by atoms with Crippen molar-refractivity contribution in [2.45, 2.75) is 142 Å². The zero-order chi connectivity index (χ0) is 44.4. The zero-order valence-electron chi connectivity index (χ0n) is 36.8. The van der Waals surface area contributed by atoms with Crippen LogP contribution in [0.2, 0.25) is 0 Å². The number of aliphatic hydroxyl groups excluding tert-OH is 2. The highest BCUT2D eigenvalue weighted by Crippen LogP contribution is 2.48. The average Bonchev–Trinajstić information content (AvgIpc) is 3.83. The van der Waals surface area contributed by atoms with Gasteiger partial charge in [0.15, 0.2) is 33.8 Å².